The third-order valence-corrected chi connectivity index (χ3v) is 11.4. The van der Waals surface area contributed by atoms with Gasteiger partial charge in [-0.2, -0.15) is 0 Å². The van der Waals surface area contributed by atoms with Crippen molar-refractivity contribution in [1.29, 1.82) is 0 Å². The number of anilines is 3. The van der Waals surface area contributed by atoms with Crippen LogP contribution in [0.15, 0.2) is 199 Å². The first-order valence-corrected chi connectivity index (χ1v) is 18.2. The lowest BCUT2D eigenvalue weighted by Crippen LogP contribution is -2.42. The molecule has 9 aromatic rings. The molecule has 0 saturated heterocycles. The molecular weight excluding hydrogens is 645 g/mol. The van der Waals surface area contributed by atoms with E-state index in [-0.39, 0.29) is 5.56 Å². The molecule has 248 valence electrons. The topological polar surface area (TPSA) is 25.2 Å². The van der Waals surface area contributed by atoms with Crippen LogP contribution in [0, 0.1) is 0 Å². The van der Waals surface area contributed by atoms with E-state index in [1.54, 1.807) is 0 Å². The molecule has 1 aromatic heterocycles. The average molecular weight is 677 g/mol. The fourth-order valence-electron chi connectivity index (χ4n) is 9.19. The summed E-state index contributed by atoms with van der Waals surface area (Å²) >= 11 is 0. The Hall–Kier alpha value is -6.97. The van der Waals surface area contributed by atoms with Crippen molar-refractivity contribution in [1.82, 2.24) is 4.57 Å². The van der Waals surface area contributed by atoms with Crippen LogP contribution < -0.4 is 10.5 Å². The summed E-state index contributed by atoms with van der Waals surface area (Å²) in [6, 6.07) is 69.1. The largest absolute Gasteiger partial charge is 0.310 e. The van der Waals surface area contributed by atoms with Crippen LogP contribution >= 0.6 is 0 Å². The molecule has 53 heavy (non-hydrogen) atoms. The van der Waals surface area contributed by atoms with Gasteiger partial charge in [0.15, 0.2) is 0 Å². The van der Waals surface area contributed by atoms with Gasteiger partial charge >= 0.3 is 0 Å². The van der Waals surface area contributed by atoms with Crippen LogP contribution in [0.4, 0.5) is 17.1 Å². The second-order valence-electron chi connectivity index (χ2n) is 14.0. The van der Waals surface area contributed by atoms with Crippen LogP contribution in [0.2, 0.25) is 0 Å². The first-order chi connectivity index (χ1) is 26.2. The number of rotatable bonds is 3. The molecule has 0 radical (unpaired) electrons. The molecule has 0 amide bonds. The maximum atomic E-state index is 14.8. The predicted octanol–water partition coefficient (Wildman–Crippen LogP) is 12.0. The Morgan fingerprint density at radius 2 is 0.868 bits per heavy atom. The Kier molecular flexibility index (Phi) is 6.32. The Balaban J connectivity index is 1.38. The molecule has 3 heteroatoms. The molecule has 3 nitrogen and oxygen atoms in total. The number of benzene rings is 8. The maximum Gasteiger partial charge on any atom is 0.263 e. The second-order valence-corrected chi connectivity index (χ2v) is 14.0. The highest BCUT2D eigenvalue weighted by Crippen LogP contribution is 2.62. The lowest BCUT2D eigenvalue weighted by Gasteiger charge is -2.49. The Bertz CT molecular complexity index is 2870. The van der Waals surface area contributed by atoms with E-state index in [1.165, 1.54) is 11.1 Å². The van der Waals surface area contributed by atoms with Gasteiger partial charge in [-0.1, -0.05) is 146 Å². The minimum Gasteiger partial charge on any atom is -0.310 e. The maximum absolute atomic E-state index is 14.8. The SMILES string of the molecule is O=c1c2ccccc2c2cccc3c2n1-c1ccccc1C31c2cc(-c3ccccc3)ccc2N(c2ccccc2)c2ccc(-c3ccccc3)cc21. The number of aromatic nitrogens is 1. The van der Waals surface area contributed by atoms with Crippen LogP contribution in [-0.2, 0) is 5.41 Å². The summed E-state index contributed by atoms with van der Waals surface area (Å²) in [6.45, 7) is 0. The van der Waals surface area contributed by atoms with Crippen molar-refractivity contribution < 1.29 is 0 Å². The van der Waals surface area contributed by atoms with Crippen molar-refractivity contribution >= 4 is 38.7 Å². The predicted molar refractivity (Wildman–Crippen MR) is 218 cm³/mol. The van der Waals surface area contributed by atoms with Crippen LogP contribution in [0.5, 0.6) is 0 Å². The Labute approximate surface area is 307 Å². The highest BCUT2D eigenvalue weighted by Gasteiger charge is 2.51. The van der Waals surface area contributed by atoms with Gasteiger partial charge in [0, 0.05) is 16.5 Å². The van der Waals surface area contributed by atoms with Gasteiger partial charge < -0.3 is 4.90 Å². The van der Waals surface area contributed by atoms with Gasteiger partial charge in [0.2, 0.25) is 0 Å². The third-order valence-electron chi connectivity index (χ3n) is 11.4. The molecule has 0 saturated carbocycles. The van der Waals surface area contributed by atoms with Gasteiger partial charge in [-0.15, -0.1) is 0 Å². The Morgan fingerprint density at radius 1 is 0.358 bits per heavy atom. The third kappa shape index (κ3) is 4.08. The summed E-state index contributed by atoms with van der Waals surface area (Å²) in [5.74, 6) is 0. The molecule has 0 aliphatic carbocycles. The number of pyridine rings is 1. The van der Waals surface area contributed by atoms with Crippen molar-refractivity contribution in [2.45, 2.75) is 5.41 Å². The van der Waals surface area contributed by atoms with Crippen molar-refractivity contribution in [2.24, 2.45) is 0 Å². The highest BCUT2D eigenvalue weighted by atomic mass is 16.1. The normalized spacial score (nSPS) is 13.5. The van der Waals surface area contributed by atoms with Crippen LogP contribution in [0.25, 0.3) is 49.6 Å². The van der Waals surface area contributed by atoms with Crippen molar-refractivity contribution in [3.8, 4) is 27.9 Å². The molecule has 3 heterocycles. The van der Waals surface area contributed by atoms with E-state index < -0.39 is 5.41 Å². The summed E-state index contributed by atoms with van der Waals surface area (Å²) in [5, 5.41) is 2.76. The molecule has 11 rings (SSSR count). The van der Waals surface area contributed by atoms with Crippen molar-refractivity contribution in [3.63, 3.8) is 0 Å². The number of hydrogen-bond donors (Lipinski definition) is 0. The Morgan fingerprint density at radius 3 is 1.51 bits per heavy atom. The zero-order chi connectivity index (χ0) is 35.1. The number of fused-ring (bicyclic) bond motifs is 10. The van der Waals surface area contributed by atoms with Gasteiger partial charge in [0.1, 0.15) is 0 Å². The molecule has 0 N–H and O–H groups in total. The van der Waals surface area contributed by atoms with E-state index in [0.29, 0.717) is 0 Å². The van der Waals surface area contributed by atoms with Gasteiger partial charge in [-0.25, -0.2) is 0 Å². The van der Waals surface area contributed by atoms with Crippen LogP contribution in [-0.4, -0.2) is 4.57 Å². The molecule has 2 aliphatic rings. The minimum atomic E-state index is -0.781. The number of para-hydroxylation sites is 3. The first kappa shape index (κ1) is 29.7. The fraction of sp³-hybridized carbons (Fsp3) is 0.0200. The van der Waals surface area contributed by atoms with Crippen LogP contribution in [0.1, 0.15) is 22.3 Å². The number of nitrogens with zero attached hydrogens (tertiary/aromatic N) is 2. The van der Waals surface area contributed by atoms with E-state index >= 15 is 0 Å². The molecule has 8 aromatic carbocycles. The fourth-order valence-corrected chi connectivity index (χ4v) is 9.19. The van der Waals surface area contributed by atoms with E-state index in [2.05, 4.69) is 181 Å². The first-order valence-electron chi connectivity index (χ1n) is 18.2. The second kappa shape index (κ2) is 11.3. The molecule has 0 atom stereocenters. The highest BCUT2D eigenvalue weighted by molar-refractivity contribution is 6.09. The summed E-state index contributed by atoms with van der Waals surface area (Å²) < 4.78 is 1.98. The van der Waals surface area contributed by atoms with E-state index in [9.17, 15) is 4.79 Å². The zero-order valence-electron chi connectivity index (χ0n) is 28.8. The van der Waals surface area contributed by atoms with Gasteiger partial charge in [0.25, 0.3) is 5.56 Å². The van der Waals surface area contributed by atoms with Crippen LogP contribution in [0.3, 0.4) is 0 Å². The number of hydrogen-bond acceptors (Lipinski definition) is 2. The lowest BCUT2D eigenvalue weighted by atomic mass is 9.60. The lowest BCUT2D eigenvalue weighted by molar-refractivity contribution is 0.709. The summed E-state index contributed by atoms with van der Waals surface area (Å²) in [6.07, 6.45) is 0. The monoisotopic (exact) mass is 676 g/mol. The molecule has 0 fully saturated rings. The van der Waals surface area contributed by atoms with Crippen molar-refractivity contribution in [2.75, 3.05) is 4.90 Å². The minimum absolute atomic E-state index is 0.00101. The van der Waals surface area contributed by atoms with Gasteiger partial charge in [0.05, 0.1) is 28.0 Å². The summed E-state index contributed by atoms with van der Waals surface area (Å²) in [5.41, 5.74) is 13.5. The van der Waals surface area contributed by atoms with E-state index in [4.69, 9.17) is 0 Å². The van der Waals surface area contributed by atoms with E-state index in [0.717, 1.165) is 77.8 Å². The zero-order valence-corrected chi connectivity index (χ0v) is 28.8. The molecule has 1 spiro atoms. The molecule has 0 bridgehead atoms. The smallest absolute Gasteiger partial charge is 0.263 e. The summed E-state index contributed by atoms with van der Waals surface area (Å²) in [7, 11) is 0. The van der Waals surface area contributed by atoms with Gasteiger partial charge in [-0.05, 0) is 98.4 Å². The summed E-state index contributed by atoms with van der Waals surface area (Å²) in [4.78, 5) is 17.2. The van der Waals surface area contributed by atoms with E-state index in [1.807, 2.05) is 22.8 Å². The van der Waals surface area contributed by atoms with Gasteiger partial charge in [-0.3, -0.25) is 9.36 Å². The van der Waals surface area contributed by atoms with Crippen molar-refractivity contribution in [3.05, 3.63) is 227 Å². The average Bonchev–Trinajstić information content (AvgIpc) is 3.24. The molecular formula is C50H32N2O. The molecule has 2 aliphatic heterocycles. The molecule has 0 unspecified atom stereocenters. The quantitative estimate of drug-likeness (QED) is 0.174. The standard InChI is InChI=1S/C50H32N2O/c53-49-40-22-11-10-21-38(40)39-23-14-25-42-48(39)52(49)45-26-13-12-24-41(45)50(42)43-31-35(33-15-4-1-5-16-33)27-29-46(43)51(37-19-8-3-9-20-37)47-30-28-36(32-44(47)50)34-17-6-2-7-18-34/h1-32H.